The molecular weight excluding hydrogens is 428 g/mol. The summed E-state index contributed by atoms with van der Waals surface area (Å²) in [6.07, 6.45) is 18.3. The third kappa shape index (κ3) is 19.8. The molecule has 0 saturated carbocycles. The second kappa shape index (κ2) is 25.6. The van der Waals surface area contributed by atoms with E-state index in [1.165, 1.54) is 77.0 Å². The van der Waals surface area contributed by atoms with Crippen molar-refractivity contribution in [2.45, 2.75) is 135 Å². The SMILES string of the molecule is C=CCOC(OC(CN)[C@H](C)OCCCCCCCCC)[C@@H](N)COCCCCCCCCC. The van der Waals surface area contributed by atoms with Crippen LogP contribution in [0, 0.1) is 0 Å². The summed E-state index contributed by atoms with van der Waals surface area (Å²) in [5.74, 6) is 0. The first-order chi connectivity index (χ1) is 16.6. The average molecular weight is 487 g/mol. The maximum Gasteiger partial charge on any atom is 0.175 e. The van der Waals surface area contributed by atoms with E-state index in [0.717, 1.165) is 19.4 Å². The van der Waals surface area contributed by atoms with Gasteiger partial charge in [0.1, 0.15) is 0 Å². The topological polar surface area (TPSA) is 89.0 Å². The summed E-state index contributed by atoms with van der Waals surface area (Å²) in [6, 6.07) is -0.395. The maximum absolute atomic E-state index is 6.36. The zero-order chi connectivity index (χ0) is 25.3. The van der Waals surface area contributed by atoms with E-state index in [1.807, 2.05) is 6.92 Å². The summed E-state index contributed by atoms with van der Waals surface area (Å²) in [5.41, 5.74) is 12.4. The second-order valence-corrected chi connectivity index (χ2v) is 9.46. The largest absolute Gasteiger partial charge is 0.380 e. The van der Waals surface area contributed by atoms with E-state index in [4.69, 9.17) is 30.4 Å². The van der Waals surface area contributed by atoms with Gasteiger partial charge in [-0.2, -0.15) is 0 Å². The molecule has 0 rings (SSSR count). The molecule has 6 nitrogen and oxygen atoms in total. The monoisotopic (exact) mass is 486 g/mol. The molecule has 6 heteroatoms. The van der Waals surface area contributed by atoms with Crippen LogP contribution in [0.3, 0.4) is 0 Å². The van der Waals surface area contributed by atoms with E-state index in [9.17, 15) is 0 Å². The molecule has 0 aliphatic rings. The number of ether oxygens (including phenoxy) is 4. The molecule has 0 spiro atoms. The van der Waals surface area contributed by atoms with Crippen molar-refractivity contribution in [1.82, 2.24) is 0 Å². The minimum Gasteiger partial charge on any atom is -0.380 e. The Labute approximate surface area is 211 Å². The van der Waals surface area contributed by atoms with Crippen LogP contribution in [0.15, 0.2) is 12.7 Å². The highest BCUT2D eigenvalue weighted by molar-refractivity contribution is 4.75. The molecule has 0 aromatic rings. The zero-order valence-corrected chi connectivity index (χ0v) is 22.8. The van der Waals surface area contributed by atoms with Gasteiger partial charge in [0, 0.05) is 19.8 Å². The lowest BCUT2D eigenvalue weighted by Crippen LogP contribution is -2.48. The second-order valence-electron chi connectivity index (χ2n) is 9.46. The van der Waals surface area contributed by atoms with E-state index in [0.29, 0.717) is 26.4 Å². The van der Waals surface area contributed by atoms with Crippen molar-refractivity contribution in [3.8, 4) is 0 Å². The Morgan fingerprint density at radius 1 is 0.765 bits per heavy atom. The van der Waals surface area contributed by atoms with E-state index >= 15 is 0 Å². The average Bonchev–Trinajstić information content (AvgIpc) is 2.84. The van der Waals surface area contributed by atoms with Gasteiger partial charge in [-0.3, -0.25) is 0 Å². The highest BCUT2D eigenvalue weighted by Gasteiger charge is 2.26. The predicted molar refractivity (Wildman–Crippen MR) is 144 cm³/mol. The van der Waals surface area contributed by atoms with Crippen molar-refractivity contribution < 1.29 is 18.9 Å². The molecule has 0 aromatic heterocycles. The van der Waals surface area contributed by atoms with Crippen LogP contribution in [0.25, 0.3) is 0 Å². The van der Waals surface area contributed by atoms with Gasteiger partial charge < -0.3 is 30.4 Å². The lowest BCUT2D eigenvalue weighted by Gasteiger charge is -2.31. The van der Waals surface area contributed by atoms with Crippen LogP contribution in [0.2, 0.25) is 0 Å². The van der Waals surface area contributed by atoms with Gasteiger partial charge in [-0.15, -0.1) is 6.58 Å². The van der Waals surface area contributed by atoms with Gasteiger partial charge in [-0.05, 0) is 19.8 Å². The minimum absolute atomic E-state index is 0.124. The molecule has 0 aliphatic carbocycles. The normalized spacial score (nSPS) is 15.2. The van der Waals surface area contributed by atoms with E-state index in [1.54, 1.807) is 6.08 Å². The lowest BCUT2D eigenvalue weighted by molar-refractivity contribution is -0.202. The van der Waals surface area contributed by atoms with Crippen molar-refractivity contribution >= 4 is 0 Å². The van der Waals surface area contributed by atoms with Crippen molar-refractivity contribution in [3.63, 3.8) is 0 Å². The molecule has 204 valence electrons. The molecule has 0 amide bonds. The molecule has 4 atom stereocenters. The van der Waals surface area contributed by atoms with Gasteiger partial charge in [-0.25, -0.2) is 0 Å². The van der Waals surface area contributed by atoms with Gasteiger partial charge in [0.05, 0.1) is 31.5 Å². The van der Waals surface area contributed by atoms with E-state index in [2.05, 4.69) is 20.4 Å². The van der Waals surface area contributed by atoms with Crippen molar-refractivity contribution in [2.24, 2.45) is 11.5 Å². The first kappa shape index (κ1) is 33.5. The van der Waals surface area contributed by atoms with Crippen molar-refractivity contribution in [1.29, 1.82) is 0 Å². The summed E-state index contributed by atoms with van der Waals surface area (Å²) in [6.45, 7) is 12.8. The van der Waals surface area contributed by atoms with Gasteiger partial charge in [0.2, 0.25) is 0 Å². The molecule has 2 unspecified atom stereocenters. The highest BCUT2D eigenvalue weighted by Crippen LogP contribution is 2.13. The van der Waals surface area contributed by atoms with E-state index in [-0.39, 0.29) is 12.2 Å². The van der Waals surface area contributed by atoms with Crippen LogP contribution in [-0.4, -0.2) is 57.5 Å². The maximum atomic E-state index is 6.36. The Balaban J connectivity index is 4.22. The Morgan fingerprint density at radius 2 is 1.29 bits per heavy atom. The fourth-order valence-electron chi connectivity index (χ4n) is 3.85. The molecule has 0 fully saturated rings. The lowest BCUT2D eigenvalue weighted by atomic mass is 10.1. The predicted octanol–water partition coefficient (Wildman–Crippen LogP) is 6.11. The number of unbranched alkanes of at least 4 members (excludes halogenated alkanes) is 12. The Kier molecular flexibility index (Phi) is 25.2. The summed E-state index contributed by atoms with van der Waals surface area (Å²) >= 11 is 0. The fourth-order valence-corrected chi connectivity index (χ4v) is 3.85. The van der Waals surface area contributed by atoms with Crippen molar-refractivity contribution in [3.05, 3.63) is 12.7 Å². The molecule has 4 N–H and O–H groups in total. The van der Waals surface area contributed by atoms with Crippen LogP contribution in [0.1, 0.15) is 111 Å². The third-order valence-corrected chi connectivity index (χ3v) is 6.12. The Morgan fingerprint density at radius 3 is 1.82 bits per heavy atom. The van der Waals surface area contributed by atoms with E-state index < -0.39 is 12.3 Å². The van der Waals surface area contributed by atoms with Crippen molar-refractivity contribution in [2.75, 3.05) is 33.0 Å². The molecule has 0 heterocycles. The minimum atomic E-state index is -0.606. The summed E-state index contributed by atoms with van der Waals surface area (Å²) in [4.78, 5) is 0. The molecule has 0 bridgehead atoms. The zero-order valence-electron chi connectivity index (χ0n) is 22.8. The number of rotatable bonds is 27. The number of nitrogens with two attached hydrogens (primary N) is 2. The Bertz CT molecular complexity index is 425. The molecule has 0 aliphatic heterocycles. The first-order valence-corrected chi connectivity index (χ1v) is 14.1. The van der Waals surface area contributed by atoms with Crippen LogP contribution >= 0.6 is 0 Å². The summed E-state index contributed by atoms with van der Waals surface area (Å²) in [7, 11) is 0. The standard InChI is InChI=1S/C28H58N2O4/c1-5-8-10-12-14-16-18-21-31-24-26(30)28(33-20-7-3)34-27(23-29)25(4)32-22-19-17-15-13-11-9-6-2/h7,25-28H,3,5-6,8-24,29-30H2,1-2,4H3/t25-,26-,27?,28?/m0/s1. The molecule has 0 saturated heterocycles. The van der Waals surface area contributed by atoms with Crippen LogP contribution in [0.5, 0.6) is 0 Å². The van der Waals surface area contributed by atoms with Gasteiger partial charge in [0.25, 0.3) is 0 Å². The smallest absolute Gasteiger partial charge is 0.175 e. The molecule has 0 radical (unpaired) electrons. The summed E-state index contributed by atoms with van der Waals surface area (Å²) < 4.78 is 23.8. The molecular formula is C28H58N2O4. The summed E-state index contributed by atoms with van der Waals surface area (Å²) in [5, 5.41) is 0. The molecule has 0 aromatic carbocycles. The Hall–Kier alpha value is -0.500. The quantitative estimate of drug-likeness (QED) is 0.0827. The van der Waals surface area contributed by atoms with Crippen LogP contribution < -0.4 is 11.5 Å². The van der Waals surface area contributed by atoms with Gasteiger partial charge in [-0.1, -0.05) is 97.0 Å². The van der Waals surface area contributed by atoms with Gasteiger partial charge in [0.15, 0.2) is 6.29 Å². The highest BCUT2D eigenvalue weighted by atomic mass is 16.7. The van der Waals surface area contributed by atoms with Gasteiger partial charge >= 0.3 is 0 Å². The third-order valence-electron chi connectivity index (χ3n) is 6.12. The van der Waals surface area contributed by atoms with Crippen LogP contribution in [0.4, 0.5) is 0 Å². The number of hydrogen-bond acceptors (Lipinski definition) is 6. The fraction of sp³-hybridized carbons (Fsp3) is 0.929. The first-order valence-electron chi connectivity index (χ1n) is 14.1. The van der Waals surface area contributed by atoms with Crippen LogP contribution in [-0.2, 0) is 18.9 Å². The number of hydrogen-bond donors (Lipinski definition) is 2. The molecule has 34 heavy (non-hydrogen) atoms.